The van der Waals surface area contributed by atoms with Crippen LogP contribution in [0.3, 0.4) is 0 Å². The summed E-state index contributed by atoms with van der Waals surface area (Å²) in [4.78, 5) is 0.319. The summed E-state index contributed by atoms with van der Waals surface area (Å²) >= 11 is 0. The highest BCUT2D eigenvalue weighted by atomic mass is 32.2. The summed E-state index contributed by atoms with van der Waals surface area (Å²) in [6, 6.07) is 6.78. The molecule has 0 amide bonds. The zero-order valence-electron chi connectivity index (χ0n) is 10.5. The number of benzene rings is 1. The first-order valence-electron chi connectivity index (χ1n) is 6.07. The van der Waals surface area contributed by atoms with Gasteiger partial charge in [0.1, 0.15) is 0 Å². The maximum atomic E-state index is 12.4. The lowest BCUT2D eigenvalue weighted by atomic mass is 10.1. The van der Waals surface area contributed by atoms with E-state index in [0.29, 0.717) is 29.7 Å². The number of nitrogens with one attached hydrogen (secondary N) is 1. The topological polar surface area (TPSA) is 75.4 Å². The highest BCUT2D eigenvalue weighted by molar-refractivity contribution is 7.89. The maximum Gasteiger partial charge on any atom is 0.243 e. The molecule has 6 heteroatoms. The van der Waals surface area contributed by atoms with Crippen molar-refractivity contribution < 1.29 is 8.42 Å². The minimum absolute atomic E-state index is 0.319. The van der Waals surface area contributed by atoms with Crippen LogP contribution in [0.5, 0.6) is 0 Å². The highest BCUT2D eigenvalue weighted by Gasteiger charge is 2.28. The Morgan fingerprint density at radius 1 is 1.22 bits per heavy atom. The van der Waals surface area contributed by atoms with E-state index in [1.807, 2.05) is 7.05 Å². The second-order valence-corrected chi connectivity index (χ2v) is 6.47. The molecular weight excluding hydrogens is 250 g/mol. The van der Waals surface area contributed by atoms with Crippen LogP contribution in [0.4, 0.5) is 5.69 Å². The van der Waals surface area contributed by atoms with Crippen LogP contribution in [-0.4, -0.2) is 38.9 Å². The number of nitrogens with two attached hydrogens (primary N) is 1. The summed E-state index contributed by atoms with van der Waals surface area (Å²) < 4.78 is 26.3. The molecule has 2 rings (SSSR count). The van der Waals surface area contributed by atoms with Crippen molar-refractivity contribution in [3.63, 3.8) is 0 Å². The van der Waals surface area contributed by atoms with Gasteiger partial charge in [0.2, 0.25) is 10.0 Å². The standard InChI is InChI=1S/C12H19N3O2S/c1-14-11-6-8-15(9-7-11)18(16,17)12-4-2-10(13)3-5-12/h2-5,11,14H,6-9,13H2,1H3. The number of sulfonamides is 1. The molecule has 0 atom stereocenters. The molecule has 1 aliphatic rings. The van der Waals surface area contributed by atoms with E-state index < -0.39 is 10.0 Å². The van der Waals surface area contributed by atoms with Gasteiger partial charge in [0.05, 0.1) is 4.90 Å². The van der Waals surface area contributed by atoms with Gasteiger partial charge in [0.15, 0.2) is 0 Å². The van der Waals surface area contributed by atoms with Gasteiger partial charge >= 0.3 is 0 Å². The van der Waals surface area contributed by atoms with Gasteiger partial charge in [0.25, 0.3) is 0 Å². The van der Waals surface area contributed by atoms with Crippen LogP contribution in [0.25, 0.3) is 0 Å². The lowest BCUT2D eigenvalue weighted by Crippen LogP contribution is -2.43. The molecule has 0 aromatic heterocycles. The van der Waals surface area contributed by atoms with Crippen molar-refractivity contribution in [2.75, 3.05) is 25.9 Å². The van der Waals surface area contributed by atoms with E-state index in [1.54, 1.807) is 28.6 Å². The lowest BCUT2D eigenvalue weighted by molar-refractivity contribution is 0.298. The summed E-state index contributed by atoms with van der Waals surface area (Å²) in [6.07, 6.45) is 1.70. The normalized spacial score (nSPS) is 18.9. The first kappa shape index (κ1) is 13.3. The third-order valence-electron chi connectivity index (χ3n) is 3.38. The maximum absolute atomic E-state index is 12.4. The van der Waals surface area contributed by atoms with E-state index in [1.165, 1.54) is 0 Å². The third-order valence-corrected chi connectivity index (χ3v) is 5.29. The number of hydrogen-bond acceptors (Lipinski definition) is 4. The van der Waals surface area contributed by atoms with E-state index in [2.05, 4.69) is 5.32 Å². The fraction of sp³-hybridized carbons (Fsp3) is 0.500. The molecular formula is C12H19N3O2S. The van der Waals surface area contributed by atoms with Crippen LogP contribution in [-0.2, 0) is 10.0 Å². The summed E-state index contributed by atoms with van der Waals surface area (Å²) in [5, 5.41) is 3.19. The van der Waals surface area contributed by atoms with Crippen LogP contribution < -0.4 is 11.1 Å². The highest BCUT2D eigenvalue weighted by Crippen LogP contribution is 2.21. The Bertz CT molecular complexity index is 491. The molecule has 1 heterocycles. The van der Waals surface area contributed by atoms with E-state index in [4.69, 9.17) is 5.73 Å². The Balaban J connectivity index is 2.15. The van der Waals surface area contributed by atoms with Gasteiger partial charge in [-0.1, -0.05) is 0 Å². The Morgan fingerprint density at radius 3 is 2.28 bits per heavy atom. The first-order valence-corrected chi connectivity index (χ1v) is 7.51. The second kappa shape index (κ2) is 5.26. The Morgan fingerprint density at radius 2 is 1.78 bits per heavy atom. The molecule has 1 fully saturated rings. The smallest absolute Gasteiger partial charge is 0.243 e. The van der Waals surface area contributed by atoms with Gasteiger partial charge in [-0.05, 0) is 44.2 Å². The molecule has 0 saturated carbocycles. The molecule has 0 unspecified atom stereocenters. The first-order chi connectivity index (χ1) is 8.54. The van der Waals surface area contributed by atoms with Crippen molar-refractivity contribution in [2.24, 2.45) is 0 Å². The Labute approximate surface area is 108 Å². The zero-order valence-corrected chi connectivity index (χ0v) is 11.3. The molecule has 100 valence electrons. The van der Waals surface area contributed by atoms with Gasteiger partial charge in [-0.15, -0.1) is 0 Å². The average Bonchev–Trinajstić information content (AvgIpc) is 2.39. The zero-order chi connectivity index (χ0) is 13.2. The summed E-state index contributed by atoms with van der Waals surface area (Å²) in [5.74, 6) is 0. The minimum Gasteiger partial charge on any atom is -0.399 e. The van der Waals surface area contributed by atoms with Gasteiger partial charge < -0.3 is 11.1 Å². The molecule has 0 spiro atoms. The second-order valence-electron chi connectivity index (χ2n) is 4.54. The molecule has 18 heavy (non-hydrogen) atoms. The Kier molecular flexibility index (Phi) is 3.89. The summed E-state index contributed by atoms with van der Waals surface area (Å²) in [7, 11) is -1.45. The predicted octanol–water partition coefficient (Wildman–Crippen LogP) is 0.641. The summed E-state index contributed by atoms with van der Waals surface area (Å²) in [5.41, 5.74) is 6.14. The SMILES string of the molecule is CNC1CCN(S(=O)(=O)c2ccc(N)cc2)CC1. The average molecular weight is 269 g/mol. The van der Waals surface area contributed by atoms with Crippen molar-refractivity contribution in [1.29, 1.82) is 0 Å². The van der Waals surface area contributed by atoms with Crippen LogP contribution in [0.1, 0.15) is 12.8 Å². The number of nitrogens with zero attached hydrogens (tertiary/aromatic N) is 1. The molecule has 3 N–H and O–H groups in total. The quantitative estimate of drug-likeness (QED) is 0.790. The molecule has 0 bridgehead atoms. The fourth-order valence-corrected chi connectivity index (χ4v) is 3.64. The lowest BCUT2D eigenvalue weighted by Gasteiger charge is -2.30. The van der Waals surface area contributed by atoms with Gasteiger partial charge in [-0.3, -0.25) is 0 Å². The molecule has 0 radical (unpaired) electrons. The summed E-state index contributed by atoms with van der Waals surface area (Å²) in [6.45, 7) is 1.14. The number of anilines is 1. The third kappa shape index (κ3) is 2.66. The predicted molar refractivity (Wildman–Crippen MR) is 71.7 cm³/mol. The largest absolute Gasteiger partial charge is 0.399 e. The van der Waals surface area contributed by atoms with Crippen molar-refractivity contribution >= 4 is 15.7 Å². The van der Waals surface area contributed by atoms with E-state index in [0.717, 1.165) is 12.8 Å². The van der Waals surface area contributed by atoms with E-state index in [-0.39, 0.29) is 0 Å². The molecule has 1 aromatic carbocycles. The van der Waals surface area contributed by atoms with Crippen LogP contribution >= 0.6 is 0 Å². The number of rotatable bonds is 3. The van der Waals surface area contributed by atoms with Crippen molar-refractivity contribution in [1.82, 2.24) is 9.62 Å². The molecule has 0 aliphatic carbocycles. The monoisotopic (exact) mass is 269 g/mol. The minimum atomic E-state index is -3.36. The fourth-order valence-electron chi connectivity index (χ4n) is 2.17. The van der Waals surface area contributed by atoms with E-state index in [9.17, 15) is 8.42 Å². The molecule has 1 aromatic rings. The van der Waals surface area contributed by atoms with Crippen LogP contribution in [0, 0.1) is 0 Å². The van der Waals surface area contributed by atoms with E-state index >= 15 is 0 Å². The van der Waals surface area contributed by atoms with Crippen molar-refractivity contribution in [3.05, 3.63) is 24.3 Å². The number of hydrogen-bond donors (Lipinski definition) is 2. The van der Waals surface area contributed by atoms with Gasteiger partial charge in [0, 0.05) is 24.8 Å². The van der Waals surface area contributed by atoms with Crippen molar-refractivity contribution in [3.8, 4) is 0 Å². The molecule has 1 aliphatic heterocycles. The number of piperidine rings is 1. The van der Waals surface area contributed by atoms with Gasteiger partial charge in [-0.25, -0.2) is 8.42 Å². The Hall–Kier alpha value is -1.11. The molecule has 5 nitrogen and oxygen atoms in total. The van der Waals surface area contributed by atoms with Crippen LogP contribution in [0.2, 0.25) is 0 Å². The van der Waals surface area contributed by atoms with Crippen molar-refractivity contribution in [2.45, 2.75) is 23.8 Å². The molecule has 1 saturated heterocycles. The van der Waals surface area contributed by atoms with Crippen LogP contribution in [0.15, 0.2) is 29.2 Å². The van der Waals surface area contributed by atoms with Gasteiger partial charge in [-0.2, -0.15) is 4.31 Å². The number of nitrogen functional groups attached to an aromatic ring is 1.